The second-order valence-corrected chi connectivity index (χ2v) is 6.72. The lowest BCUT2D eigenvalue weighted by atomic mass is 10.0. The van der Waals surface area contributed by atoms with Crippen molar-refractivity contribution in [3.05, 3.63) is 21.3 Å². The predicted octanol–water partition coefficient (Wildman–Crippen LogP) is 3.39. The summed E-state index contributed by atoms with van der Waals surface area (Å²) in [5.74, 6) is 0.628. The van der Waals surface area contributed by atoms with Gasteiger partial charge in [0.25, 0.3) is 0 Å². The minimum atomic E-state index is 0.521. The third-order valence-electron chi connectivity index (χ3n) is 3.29. The van der Waals surface area contributed by atoms with Gasteiger partial charge in [0.1, 0.15) is 0 Å². The lowest BCUT2D eigenvalue weighted by Crippen LogP contribution is -2.34. The van der Waals surface area contributed by atoms with E-state index < -0.39 is 0 Å². The van der Waals surface area contributed by atoms with Crippen molar-refractivity contribution in [2.45, 2.75) is 26.3 Å². The van der Waals surface area contributed by atoms with Crippen LogP contribution in [0.1, 0.15) is 31.2 Å². The van der Waals surface area contributed by atoms with Gasteiger partial charge in [-0.2, -0.15) is 0 Å². The van der Waals surface area contributed by atoms with Gasteiger partial charge in [-0.05, 0) is 31.0 Å². The molecule has 2 nitrogen and oxygen atoms in total. The SMILES string of the molecule is CC(C)C(c1ccc(Cl)s1)N1CCCNCC1. The van der Waals surface area contributed by atoms with Crippen LogP contribution in [0.15, 0.2) is 12.1 Å². The van der Waals surface area contributed by atoms with Crippen molar-refractivity contribution < 1.29 is 0 Å². The average Bonchev–Trinajstić information content (AvgIpc) is 2.53. The third-order valence-corrected chi connectivity index (χ3v) is 4.59. The monoisotopic (exact) mass is 272 g/mol. The summed E-state index contributed by atoms with van der Waals surface area (Å²) in [6.07, 6.45) is 1.24. The van der Waals surface area contributed by atoms with Crippen LogP contribution in [0.25, 0.3) is 0 Å². The molecule has 2 rings (SSSR count). The third kappa shape index (κ3) is 3.44. The van der Waals surface area contributed by atoms with E-state index in [1.165, 1.54) is 17.8 Å². The molecular weight excluding hydrogens is 252 g/mol. The number of halogens is 1. The summed E-state index contributed by atoms with van der Waals surface area (Å²) in [6.45, 7) is 9.17. The van der Waals surface area contributed by atoms with E-state index in [4.69, 9.17) is 11.6 Å². The Labute approximate surface area is 113 Å². The first-order chi connectivity index (χ1) is 8.18. The van der Waals surface area contributed by atoms with E-state index in [0.29, 0.717) is 12.0 Å². The van der Waals surface area contributed by atoms with E-state index in [1.54, 1.807) is 11.3 Å². The van der Waals surface area contributed by atoms with Gasteiger partial charge in [-0.15, -0.1) is 11.3 Å². The maximum atomic E-state index is 6.07. The minimum absolute atomic E-state index is 0.521. The molecule has 96 valence electrons. The molecular formula is C13H21ClN2S. The van der Waals surface area contributed by atoms with Gasteiger partial charge < -0.3 is 5.32 Å². The van der Waals surface area contributed by atoms with Crippen molar-refractivity contribution in [2.24, 2.45) is 5.92 Å². The highest BCUT2D eigenvalue weighted by Gasteiger charge is 2.25. The molecule has 0 amide bonds. The van der Waals surface area contributed by atoms with Crippen LogP contribution in [-0.2, 0) is 0 Å². The van der Waals surface area contributed by atoms with Crippen molar-refractivity contribution in [3.63, 3.8) is 0 Å². The van der Waals surface area contributed by atoms with Gasteiger partial charge >= 0.3 is 0 Å². The highest BCUT2D eigenvalue weighted by atomic mass is 35.5. The molecule has 17 heavy (non-hydrogen) atoms. The maximum Gasteiger partial charge on any atom is 0.0931 e. The zero-order valence-corrected chi connectivity index (χ0v) is 12.2. The molecule has 2 heterocycles. The van der Waals surface area contributed by atoms with Crippen LogP contribution in [0, 0.1) is 5.92 Å². The number of nitrogens with zero attached hydrogens (tertiary/aromatic N) is 1. The van der Waals surface area contributed by atoms with Crippen molar-refractivity contribution in [1.82, 2.24) is 10.2 Å². The van der Waals surface area contributed by atoms with Crippen molar-refractivity contribution in [2.75, 3.05) is 26.2 Å². The number of hydrogen-bond acceptors (Lipinski definition) is 3. The van der Waals surface area contributed by atoms with E-state index >= 15 is 0 Å². The van der Waals surface area contributed by atoms with Crippen molar-refractivity contribution in [1.29, 1.82) is 0 Å². The van der Waals surface area contributed by atoms with Gasteiger partial charge in [0.05, 0.1) is 4.34 Å². The molecule has 0 bridgehead atoms. The van der Waals surface area contributed by atoms with Crippen LogP contribution in [0.3, 0.4) is 0 Å². The Balaban J connectivity index is 2.15. The van der Waals surface area contributed by atoms with Gasteiger partial charge in [0.2, 0.25) is 0 Å². The number of hydrogen-bond donors (Lipinski definition) is 1. The van der Waals surface area contributed by atoms with Crippen molar-refractivity contribution >= 4 is 22.9 Å². The Morgan fingerprint density at radius 1 is 1.29 bits per heavy atom. The molecule has 0 radical (unpaired) electrons. The molecule has 1 saturated heterocycles. The molecule has 1 aromatic heterocycles. The maximum absolute atomic E-state index is 6.07. The Bertz CT molecular complexity index is 343. The Hall–Kier alpha value is -0.0900. The van der Waals surface area contributed by atoms with E-state index in [0.717, 1.165) is 24.0 Å². The summed E-state index contributed by atoms with van der Waals surface area (Å²) in [4.78, 5) is 4.01. The van der Waals surface area contributed by atoms with Crippen LogP contribution in [0.5, 0.6) is 0 Å². The molecule has 4 heteroatoms. The molecule has 1 fully saturated rings. The van der Waals surface area contributed by atoms with Gasteiger partial charge in [0.15, 0.2) is 0 Å². The Morgan fingerprint density at radius 3 is 2.76 bits per heavy atom. The zero-order valence-electron chi connectivity index (χ0n) is 10.6. The Morgan fingerprint density at radius 2 is 2.12 bits per heavy atom. The van der Waals surface area contributed by atoms with Gasteiger partial charge in [-0.1, -0.05) is 25.4 Å². The van der Waals surface area contributed by atoms with Crippen LogP contribution < -0.4 is 5.32 Å². The van der Waals surface area contributed by atoms with Crippen LogP contribution in [-0.4, -0.2) is 31.1 Å². The molecule has 1 aliphatic heterocycles. The fraction of sp³-hybridized carbons (Fsp3) is 0.692. The van der Waals surface area contributed by atoms with Gasteiger partial charge in [-0.3, -0.25) is 4.90 Å². The molecule has 1 unspecified atom stereocenters. The minimum Gasteiger partial charge on any atom is -0.315 e. The second kappa shape index (κ2) is 6.19. The van der Waals surface area contributed by atoms with Crippen LogP contribution >= 0.6 is 22.9 Å². The fourth-order valence-electron chi connectivity index (χ4n) is 2.56. The predicted molar refractivity (Wildman–Crippen MR) is 76.0 cm³/mol. The quantitative estimate of drug-likeness (QED) is 0.907. The smallest absolute Gasteiger partial charge is 0.0931 e. The topological polar surface area (TPSA) is 15.3 Å². The summed E-state index contributed by atoms with van der Waals surface area (Å²) in [7, 11) is 0. The van der Waals surface area contributed by atoms with E-state index in [2.05, 4.69) is 30.1 Å². The molecule has 0 spiro atoms. The van der Waals surface area contributed by atoms with Crippen molar-refractivity contribution in [3.8, 4) is 0 Å². The fourth-order valence-corrected chi connectivity index (χ4v) is 3.93. The highest BCUT2D eigenvalue weighted by Crippen LogP contribution is 2.35. The van der Waals surface area contributed by atoms with Gasteiger partial charge in [0, 0.05) is 30.6 Å². The first-order valence-electron chi connectivity index (χ1n) is 6.38. The second-order valence-electron chi connectivity index (χ2n) is 4.97. The summed E-state index contributed by atoms with van der Waals surface area (Å²) in [6, 6.07) is 4.73. The van der Waals surface area contributed by atoms with E-state index in [1.807, 2.05) is 6.07 Å². The molecule has 1 N–H and O–H groups in total. The van der Waals surface area contributed by atoms with E-state index in [-0.39, 0.29) is 0 Å². The molecule has 1 atom stereocenters. The standard InChI is InChI=1S/C13H21ClN2S/c1-10(2)13(11-4-5-12(14)17-11)16-8-3-6-15-7-9-16/h4-5,10,13,15H,3,6-9H2,1-2H3. The summed E-state index contributed by atoms with van der Waals surface area (Å²) < 4.78 is 0.901. The summed E-state index contributed by atoms with van der Waals surface area (Å²) >= 11 is 7.80. The zero-order chi connectivity index (χ0) is 12.3. The largest absolute Gasteiger partial charge is 0.315 e. The molecule has 1 aliphatic rings. The number of nitrogens with one attached hydrogen (secondary N) is 1. The lowest BCUT2D eigenvalue weighted by Gasteiger charge is -2.32. The number of rotatable bonds is 3. The lowest BCUT2D eigenvalue weighted by molar-refractivity contribution is 0.169. The number of thiophene rings is 1. The van der Waals surface area contributed by atoms with E-state index in [9.17, 15) is 0 Å². The first kappa shape index (κ1) is 13.3. The molecule has 0 aliphatic carbocycles. The average molecular weight is 273 g/mol. The molecule has 1 aromatic rings. The van der Waals surface area contributed by atoms with Crippen LogP contribution in [0.4, 0.5) is 0 Å². The normalized spacial score (nSPS) is 20.5. The molecule has 0 aromatic carbocycles. The summed E-state index contributed by atoms with van der Waals surface area (Å²) in [5, 5.41) is 3.46. The first-order valence-corrected chi connectivity index (χ1v) is 7.58. The highest BCUT2D eigenvalue weighted by molar-refractivity contribution is 7.16. The Kier molecular flexibility index (Phi) is 4.86. The molecule has 0 saturated carbocycles. The van der Waals surface area contributed by atoms with Gasteiger partial charge in [-0.25, -0.2) is 0 Å². The van der Waals surface area contributed by atoms with Crippen LogP contribution in [0.2, 0.25) is 4.34 Å². The summed E-state index contributed by atoms with van der Waals surface area (Å²) in [5.41, 5.74) is 0.